The van der Waals surface area contributed by atoms with Gasteiger partial charge in [0.1, 0.15) is 0 Å². The Morgan fingerprint density at radius 3 is 2.91 bits per heavy atom. The summed E-state index contributed by atoms with van der Waals surface area (Å²) >= 11 is 3.36. The van der Waals surface area contributed by atoms with Gasteiger partial charge in [-0.25, -0.2) is 4.98 Å². The van der Waals surface area contributed by atoms with E-state index in [0.29, 0.717) is 12.5 Å². The first-order valence-corrected chi connectivity index (χ1v) is 4.28. The summed E-state index contributed by atoms with van der Waals surface area (Å²) in [5, 5.41) is 0. The van der Waals surface area contributed by atoms with E-state index in [2.05, 4.69) is 20.9 Å². The molecule has 0 fully saturated rings. The summed E-state index contributed by atoms with van der Waals surface area (Å²) in [6.45, 7) is 4.58. The molecule has 2 nitrogen and oxygen atoms in total. The fourth-order valence-corrected chi connectivity index (χ4v) is 1.34. The number of hydrogen-bond acceptors (Lipinski definition) is 2. The number of aryl methyl sites for hydroxylation is 1. The number of halogens is 1. The average molecular weight is 216 g/mol. The minimum absolute atomic E-state index is 0.647. The molecule has 0 aliphatic carbocycles. The van der Waals surface area contributed by atoms with Gasteiger partial charge >= 0.3 is 0 Å². The van der Waals surface area contributed by atoms with Crippen molar-refractivity contribution in [2.75, 3.05) is 6.61 Å². The largest absolute Gasteiger partial charge is 0.477 e. The van der Waals surface area contributed by atoms with E-state index in [4.69, 9.17) is 4.74 Å². The van der Waals surface area contributed by atoms with Gasteiger partial charge in [0.05, 0.1) is 11.1 Å². The van der Waals surface area contributed by atoms with Crippen LogP contribution in [0.3, 0.4) is 0 Å². The van der Waals surface area contributed by atoms with Gasteiger partial charge in [-0.1, -0.05) is 0 Å². The van der Waals surface area contributed by atoms with Crippen LogP contribution in [0.1, 0.15) is 12.5 Å². The minimum atomic E-state index is 0.647. The normalized spacial score (nSPS) is 9.73. The van der Waals surface area contributed by atoms with Gasteiger partial charge in [-0.05, 0) is 41.4 Å². The van der Waals surface area contributed by atoms with Crippen molar-refractivity contribution in [2.45, 2.75) is 13.8 Å². The van der Waals surface area contributed by atoms with Crippen molar-refractivity contribution in [3.8, 4) is 5.88 Å². The quantitative estimate of drug-likeness (QED) is 0.757. The fraction of sp³-hybridized carbons (Fsp3) is 0.375. The molecular formula is C8H10BrNO. The van der Waals surface area contributed by atoms with Crippen molar-refractivity contribution in [2.24, 2.45) is 0 Å². The Kier molecular flexibility index (Phi) is 2.88. The van der Waals surface area contributed by atoms with Crippen LogP contribution < -0.4 is 4.74 Å². The molecule has 0 aliphatic heterocycles. The summed E-state index contributed by atoms with van der Waals surface area (Å²) in [7, 11) is 0. The fourth-order valence-electron chi connectivity index (χ4n) is 0.764. The molecule has 0 spiro atoms. The molecule has 0 aromatic carbocycles. The van der Waals surface area contributed by atoms with Crippen LogP contribution in [0.4, 0.5) is 0 Å². The maximum Gasteiger partial charge on any atom is 0.227 e. The Balaban J connectivity index is 2.90. The molecule has 0 radical (unpaired) electrons. The van der Waals surface area contributed by atoms with Crippen LogP contribution in [-0.2, 0) is 0 Å². The number of aromatic nitrogens is 1. The van der Waals surface area contributed by atoms with Crippen LogP contribution >= 0.6 is 15.9 Å². The van der Waals surface area contributed by atoms with Crippen molar-refractivity contribution >= 4 is 15.9 Å². The molecule has 0 saturated heterocycles. The summed E-state index contributed by atoms with van der Waals surface area (Å²) in [6, 6.07) is 1.98. The number of pyridine rings is 1. The Hall–Kier alpha value is -0.570. The summed E-state index contributed by atoms with van der Waals surface area (Å²) < 4.78 is 6.15. The highest BCUT2D eigenvalue weighted by molar-refractivity contribution is 9.10. The zero-order chi connectivity index (χ0) is 8.27. The number of hydrogen-bond donors (Lipinski definition) is 0. The highest BCUT2D eigenvalue weighted by atomic mass is 79.9. The Morgan fingerprint density at radius 2 is 2.36 bits per heavy atom. The third-order valence-corrected chi connectivity index (χ3v) is 1.79. The molecule has 0 unspecified atom stereocenters. The van der Waals surface area contributed by atoms with Gasteiger partial charge in [-0.3, -0.25) is 0 Å². The molecular weight excluding hydrogens is 206 g/mol. The standard InChI is InChI=1S/C8H10BrNO/c1-3-11-8-7(9)4-6(2)5-10-8/h4-5H,3H2,1-2H3. The van der Waals surface area contributed by atoms with Gasteiger partial charge in [0.25, 0.3) is 0 Å². The molecule has 0 bridgehead atoms. The van der Waals surface area contributed by atoms with E-state index in [1.54, 1.807) is 6.20 Å². The van der Waals surface area contributed by atoms with Gasteiger partial charge in [0.15, 0.2) is 0 Å². The van der Waals surface area contributed by atoms with Crippen LogP contribution in [0.25, 0.3) is 0 Å². The van der Waals surface area contributed by atoms with E-state index in [-0.39, 0.29) is 0 Å². The van der Waals surface area contributed by atoms with Crippen LogP contribution in [0.15, 0.2) is 16.7 Å². The van der Waals surface area contributed by atoms with Gasteiger partial charge in [0, 0.05) is 6.20 Å². The molecule has 0 atom stereocenters. The molecule has 11 heavy (non-hydrogen) atoms. The first-order valence-electron chi connectivity index (χ1n) is 3.49. The summed E-state index contributed by atoms with van der Waals surface area (Å²) in [5.41, 5.74) is 1.13. The Labute approximate surface area is 74.7 Å². The molecule has 1 aromatic rings. The smallest absolute Gasteiger partial charge is 0.227 e. The Morgan fingerprint density at radius 1 is 1.64 bits per heavy atom. The van der Waals surface area contributed by atoms with Gasteiger partial charge in [0.2, 0.25) is 5.88 Å². The summed E-state index contributed by atoms with van der Waals surface area (Å²) in [5.74, 6) is 0.665. The topological polar surface area (TPSA) is 22.1 Å². The molecule has 1 rings (SSSR count). The lowest BCUT2D eigenvalue weighted by atomic mass is 10.3. The SMILES string of the molecule is CCOc1ncc(C)cc1Br. The van der Waals surface area contributed by atoms with Crippen LogP contribution in [0.2, 0.25) is 0 Å². The van der Waals surface area contributed by atoms with Crippen molar-refractivity contribution in [3.05, 3.63) is 22.3 Å². The highest BCUT2D eigenvalue weighted by Gasteiger charge is 2.00. The summed E-state index contributed by atoms with van der Waals surface area (Å²) in [4.78, 5) is 4.10. The summed E-state index contributed by atoms with van der Waals surface area (Å²) in [6.07, 6.45) is 1.79. The lowest BCUT2D eigenvalue weighted by Crippen LogP contribution is -1.95. The molecule has 0 amide bonds. The minimum Gasteiger partial charge on any atom is -0.477 e. The van der Waals surface area contributed by atoms with Gasteiger partial charge in [-0.2, -0.15) is 0 Å². The van der Waals surface area contributed by atoms with Gasteiger partial charge < -0.3 is 4.74 Å². The molecule has 0 saturated carbocycles. The van der Waals surface area contributed by atoms with E-state index in [1.165, 1.54) is 0 Å². The maximum absolute atomic E-state index is 5.23. The van der Waals surface area contributed by atoms with Crippen molar-refractivity contribution in [3.63, 3.8) is 0 Å². The van der Waals surface area contributed by atoms with Crippen LogP contribution in [-0.4, -0.2) is 11.6 Å². The second-order valence-corrected chi connectivity index (χ2v) is 3.09. The monoisotopic (exact) mass is 215 g/mol. The zero-order valence-electron chi connectivity index (χ0n) is 6.60. The molecule has 1 aromatic heterocycles. The highest BCUT2D eigenvalue weighted by Crippen LogP contribution is 2.22. The predicted molar refractivity (Wildman–Crippen MR) is 47.8 cm³/mol. The first-order chi connectivity index (χ1) is 5.24. The maximum atomic E-state index is 5.23. The predicted octanol–water partition coefficient (Wildman–Crippen LogP) is 2.55. The zero-order valence-corrected chi connectivity index (χ0v) is 8.18. The Bertz CT molecular complexity index is 250. The van der Waals surface area contributed by atoms with E-state index in [9.17, 15) is 0 Å². The van der Waals surface area contributed by atoms with E-state index >= 15 is 0 Å². The van der Waals surface area contributed by atoms with Gasteiger partial charge in [-0.15, -0.1) is 0 Å². The number of ether oxygens (including phenoxy) is 1. The second-order valence-electron chi connectivity index (χ2n) is 2.23. The van der Waals surface area contributed by atoms with E-state index in [1.807, 2.05) is 19.9 Å². The van der Waals surface area contributed by atoms with Crippen molar-refractivity contribution < 1.29 is 4.74 Å². The third-order valence-electron chi connectivity index (χ3n) is 1.23. The third kappa shape index (κ3) is 2.19. The second kappa shape index (κ2) is 3.72. The van der Waals surface area contributed by atoms with E-state index < -0.39 is 0 Å². The van der Waals surface area contributed by atoms with E-state index in [0.717, 1.165) is 10.0 Å². The van der Waals surface area contributed by atoms with Crippen molar-refractivity contribution in [1.82, 2.24) is 4.98 Å². The number of rotatable bonds is 2. The van der Waals surface area contributed by atoms with Crippen molar-refractivity contribution in [1.29, 1.82) is 0 Å². The first kappa shape index (κ1) is 8.53. The molecule has 1 heterocycles. The average Bonchev–Trinajstić information content (AvgIpc) is 1.95. The molecule has 3 heteroatoms. The van der Waals surface area contributed by atoms with Crippen LogP contribution in [0.5, 0.6) is 5.88 Å². The lowest BCUT2D eigenvalue weighted by molar-refractivity contribution is 0.324. The lowest BCUT2D eigenvalue weighted by Gasteiger charge is -2.03. The number of nitrogens with zero attached hydrogens (tertiary/aromatic N) is 1. The molecule has 0 aliphatic rings. The molecule has 0 N–H and O–H groups in total. The van der Waals surface area contributed by atoms with Crippen LogP contribution in [0, 0.1) is 6.92 Å². The molecule has 60 valence electrons.